The lowest BCUT2D eigenvalue weighted by atomic mass is 10.1. The molecule has 2 N–H and O–H groups in total. The lowest BCUT2D eigenvalue weighted by Crippen LogP contribution is -3.00. The first-order valence-corrected chi connectivity index (χ1v) is 9.20. The van der Waals surface area contributed by atoms with Gasteiger partial charge in [0.05, 0.1) is 7.11 Å². The number of nitriles is 1. The van der Waals surface area contributed by atoms with Gasteiger partial charge in [0, 0.05) is 36.4 Å². The van der Waals surface area contributed by atoms with Crippen LogP contribution in [0.3, 0.4) is 0 Å². The Labute approximate surface area is 178 Å². The number of hydrogen-bond acceptors (Lipinski definition) is 5. The fourth-order valence-electron chi connectivity index (χ4n) is 2.77. The Morgan fingerprint density at radius 2 is 1.83 bits per heavy atom. The minimum Gasteiger partial charge on any atom is -1.00 e. The molecule has 0 unspecified atom stereocenters. The maximum atomic E-state index is 12.3. The third kappa shape index (κ3) is 6.44. The predicted octanol–water partition coefficient (Wildman–Crippen LogP) is 1.31. The highest BCUT2D eigenvalue weighted by molar-refractivity contribution is 6.06. The Balaban J connectivity index is 0.00000420. The first kappa shape index (κ1) is 23.9. The van der Waals surface area contributed by atoms with E-state index in [-0.39, 0.29) is 18.0 Å². The molecule has 0 aliphatic heterocycles. The molecule has 6 nitrogen and oxygen atoms in total. The number of carbonyl (C=O) groups excluding carboxylic acids is 1. The summed E-state index contributed by atoms with van der Waals surface area (Å²) in [6.45, 7) is 8.11. The molecule has 0 aliphatic carbocycles. The second-order valence-electron chi connectivity index (χ2n) is 6.17. The molecule has 0 heterocycles. The second-order valence-corrected chi connectivity index (χ2v) is 6.17. The molecule has 29 heavy (non-hydrogen) atoms. The molecule has 0 atom stereocenters. The van der Waals surface area contributed by atoms with Gasteiger partial charge in [-0.25, -0.2) is 0 Å². The predicted molar refractivity (Wildman–Crippen MR) is 114 cm³/mol. The lowest BCUT2D eigenvalue weighted by Gasteiger charge is -2.22. The van der Waals surface area contributed by atoms with Gasteiger partial charge in [-0.1, -0.05) is 0 Å². The van der Waals surface area contributed by atoms with Crippen LogP contribution in [0.2, 0.25) is 0 Å². The normalized spacial score (nSPS) is 10.4. The van der Waals surface area contributed by atoms with Crippen molar-refractivity contribution in [3.05, 3.63) is 59.8 Å². The van der Waals surface area contributed by atoms with E-state index in [1.165, 1.54) is 6.20 Å². The van der Waals surface area contributed by atoms with E-state index in [4.69, 9.17) is 4.74 Å². The SMILES string of the molecule is CCN(CC)c1ccc(N/C=C(/C#N)C(=O)Nc2ccc(OC)cc2)c(C)c1.[Cl-]. The quantitative estimate of drug-likeness (QED) is 0.504. The Kier molecular flexibility index (Phi) is 9.57. The van der Waals surface area contributed by atoms with E-state index in [0.717, 1.165) is 30.0 Å². The summed E-state index contributed by atoms with van der Waals surface area (Å²) in [6, 6.07) is 14.9. The van der Waals surface area contributed by atoms with Gasteiger partial charge < -0.3 is 32.7 Å². The van der Waals surface area contributed by atoms with Gasteiger partial charge in [-0.3, -0.25) is 4.79 Å². The van der Waals surface area contributed by atoms with Gasteiger partial charge in [-0.15, -0.1) is 0 Å². The van der Waals surface area contributed by atoms with Crippen LogP contribution in [0.4, 0.5) is 17.1 Å². The number of ether oxygens (including phenoxy) is 1. The molecular formula is C22H26ClN4O2-. The molecule has 2 aromatic rings. The van der Waals surface area contributed by atoms with Crippen LogP contribution in [0.5, 0.6) is 5.75 Å². The van der Waals surface area contributed by atoms with Crippen LogP contribution >= 0.6 is 0 Å². The number of hydrogen-bond donors (Lipinski definition) is 2. The largest absolute Gasteiger partial charge is 1.00 e. The van der Waals surface area contributed by atoms with Crippen molar-refractivity contribution in [3.8, 4) is 11.8 Å². The smallest absolute Gasteiger partial charge is 0.267 e. The molecule has 0 aromatic heterocycles. The van der Waals surface area contributed by atoms with E-state index in [2.05, 4.69) is 35.4 Å². The van der Waals surface area contributed by atoms with Crippen molar-refractivity contribution < 1.29 is 21.9 Å². The molecule has 7 heteroatoms. The van der Waals surface area contributed by atoms with Gasteiger partial charge in [0.1, 0.15) is 17.4 Å². The number of methoxy groups -OCH3 is 1. The van der Waals surface area contributed by atoms with Crippen LogP contribution in [-0.4, -0.2) is 26.1 Å². The Hall–Kier alpha value is -3.17. The maximum absolute atomic E-state index is 12.3. The van der Waals surface area contributed by atoms with Crippen LogP contribution in [0, 0.1) is 18.3 Å². The topological polar surface area (TPSA) is 77.4 Å². The summed E-state index contributed by atoms with van der Waals surface area (Å²) >= 11 is 0. The Morgan fingerprint density at radius 1 is 1.17 bits per heavy atom. The Bertz CT molecular complexity index is 885. The average Bonchev–Trinajstić information content (AvgIpc) is 2.71. The van der Waals surface area contributed by atoms with Gasteiger partial charge in [0.25, 0.3) is 5.91 Å². The number of amides is 1. The van der Waals surface area contributed by atoms with Gasteiger partial charge in [-0.2, -0.15) is 5.26 Å². The number of halogens is 1. The molecule has 2 aromatic carbocycles. The number of carbonyl (C=O) groups is 1. The average molecular weight is 414 g/mol. The highest BCUT2D eigenvalue weighted by Crippen LogP contribution is 2.23. The van der Waals surface area contributed by atoms with E-state index in [0.29, 0.717) is 11.4 Å². The third-order valence-electron chi connectivity index (χ3n) is 4.42. The summed E-state index contributed by atoms with van der Waals surface area (Å²) in [5, 5.41) is 15.1. The van der Waals surface area contributed by atoms with Crippen LogP contribution in [0.1, 0.15) is 19.4 Å². The van der Waals surface area contributed by atoms with E-state index in [1.54, 1.807) is 31.4 Å². The van der Waals surface area contributed by atoms with Crippen molar-refractivity contribution in [2.75, 3.05) is 35.7 Å². The van der Waals surface area contributed by atoms with E-state index in [1.807, 2.05) is 25.1 Å². The molecule has 0 bridgehead atoms. The molecule has 0 radical (unpaired) electrons. The molecule has 0 spiro atoms. The highest BCUT2D eigenvalue weighted by Gasteiger charge is 2.10. The van der Waals surface area contributed by atoms with Crippen molar-refractivity contribution >= 4 is 23.0 Å². The molecule has 2 rings (SSSR count). The van der Waals surface area contributed by atoms with Gasteiger partial charge in [0.15, 0.2) is 0 Å². The first-order valence-electron chi connectivity index (χ1n) is 9.20. The molecule has 154 valence electrons. The Morgan fingerprint density at radius 3 is 2.34 bits per heavy atom. The van der Waals surface area contributed by atoms with Crippen LogP contribution in [-0.2, 0) is 4.79 Å². The maximum Gasteiger partial charge on any atom is 0.267 e. The summed E-state index contributed by atoms with van der Waals surface area (Å²) in [4.78, 5) is 14.6. The molecule has 0 saturated heterocycles. The van der Waals surface area contributed by atoms with Crippen LogP contribution in [0.25, 0.3) is 0 Å². The summed E-state index contributed by atoms with van der Waals surface area (Å²) in [7, 11) is 1.58. The van der Waals surface area contributed by atoms with Crippen molar-refractivity contribution in [3.63, 3.8) is 0 Å². The van der Waals surface area contributed by atoms with E-state index >= 15 is 0 Å². The van der Waals surface area contributed by atoms with Crippen molar-refractivity contribution in [1.29, 1.82) is 5.26 Å². The number of nitrogens with one attached hydrogen (secondary N) is 2. The van der Waals surface area contributed by atoms with Gasteiger partial charge >= 0.3 is 0 Å². The van der Waals surface area contributed by atoms with E-state index in [9.17, 15) is 10.1 Å². The summed E-state index contributed by atoms with van der Waals surface area (Å²) < 4.78 is 5.09. The summed E-state index contributed by atoms with van der Waals surface area (Å²) in [5.41, 5.74) is 3.61. The van der Waals surface area contributed by atoms with Crippen LogP contribution < -0.4 is 32.7 Å². The minimum absolute atomic E-state index is 0. The number of anilines is 3. The monoisotopic (exact) mass is 413 g/mol. The minimum atomic E-state index is -0.474. The zero-order valence-electron chi connectivity index (χ0n) is 17.1. The standard InChI is InChI=1S/C22H26N4O2.ClH/c1-5-26(6-2)19-9-12-21(16(3)13-19)24-15-17(14-23)22(27)25-18-7-10-20(28-4)11-8-18;/h7-13,15,24H,5-6H2,1-4H3,(H,25,27);1H/p-1/b17-15-;. The number of rotatable bonds is 8. The zero-order valence-corrected chi connectivity index (χ0v) is 17.9. The summed E-state index contributed by atoms with van der Waals surface area (Å²) in [6.07, 6.45) is 1.43. The number of nitrogens with zero attached hydrogens (tertiary/aromatic N) is 2. The second kappa shape index (κ2) is 11.6. The molecule has 0 fully saturated rings. The third-order valence-corrected chi connectivity index (χ3v) is 4.42. The van der Waals surface area contributed by atoms with Gasteiger partial charge in [0.2, 0.25) is 0 Å². The van der Waals surface area contributed by atoms with E-state index < -0.39 is 5.91 Å². The fraction of sp³-hybridized carbons (Fsp3) is 0.273. The first-order chi connectivity index (χ1) is 13.5. The molecule has 1 amide bonds. The molecule has 0 saturated carbocycles. The molecular weight excluding hydrogens is 388 g/mol. The van der Waals surface area contributed by atoms with Crippen molar-refractivity contribution in [2.24, 2.45) is 0 Å². The van der Waals surface area contributed by atoms with Gasteiger partial charge in [-0.05, 0) is 68.8 Å². The number of aryl methyl sites for hydroxylation is 1. The highest BCUT2D eigenvalue weighted by atomic mass is 35.5. The van der Waals surface area contributed by atoms with Crippen LogP contribution in [0.15, 0.2) is 54.2 Å². The summed E-state index contributed by atoms with van der Waals surface area (Å²) in [5.74, 6) is 0.219. The lowest BCUT2D eigenvalue weighted by molar-refractivity contribution is -0.112. The zero-order chi connectivity index (χ0) is 20.5. The number of benzene rings is 2. The van der Waals surface area contributed by atoms with Crippen molar-refractivity contribution in [1.82, 2.24) is 0 Å². The van der Waals surface area contributed by atoms with Crippen molar-refractivity contribution in [2.45, 2.75) is 20.8 Å². The molecule has 0 aliphatic rings. The fourth-order valence-corrected chi connectivity index (χ4v) is 2.77.